The van der Waals surface area contributed by atoms with Crippen LogP contribution in [-0.2, 0) is 17.8 Å². The van der Waals surface area contributed by atoms with Crippen LogP contribution in [0.3, 0.4) is 0 Å². The van der Waals surface area contributed by atoms with Gasteiger partial charge in [0.25, 0.3) is 0 Å². The summed E-state index contributed by atoms with van der Waals surface area (Å²) >= 11 is 0. The number of aromatic nitrogens is 2. The van der Waals surface area contributed by atoms with Gasteiger partial charge in [0.15, 0.2) is 5.16 Å². The van der Waals surface area contributed by atoms with Gasteiger partial charge in [-0.05, 0) is 6.42 Å². The number of unbranched alkanes of at least 4 members (excludes halogenated alkanes) is 13. The van der Waals surface area contributed by atoms with Crippen molar-refractivity contribution in [3.8, 4) is 0 Å². The van der Waals surface area contributed by atoms with Gasteiger partial charge in [0.1, 0.15) is 0 Å². The lowest BCUT2D eigenvalue weighted by atomic mass is 10.0. The van der Waals surface area contributed by atoms with E-state index in [1.54, 1.807) is 6.20 Å². The molecule has 0 saturated heterocycles. The van der Waals surface area contributed by atoms with Crippen LogP contribution in [0.15, 0.2) is 17.6 Å². The van der Waals surface area contributed by atoms with Crippen molar-refractivity contribution in [3.05, 3.63) is 12.4 Å². The maximum absolute atomic E-state index is 12.1. The minimum Gasteiger partial charge on any atom is -0.327 e. The van der Waals surface area contributed by atoms with E-state index in [2.05, 4.69) is 11.9 Å². The molecule has 0 aliphatic carbocycles. The van der Waals surface area contributed by atoms with Gasteiger partial charge in [-0.3, -0.25) is 4.21 Å². The van der Waals surface area contributed by atoms with E-state index in [1.165, 1.54) is 83.5 Å². The first-order valence-corrected chi connectivity index (χ1v) is 11.4. The van der Waals surface area contributed by atoms with Crippen LogP contribution in [0.5, 0.6) is 0 Å². The summed E-state index contributed by atoms with van der Waals surface area (Å²) in [4.78, 5) is 4.16. The van der Waals surface area contributed by atoms with Gasteiger partial charge in [-0.15, -0.1) is 0 Å². The van der Waals surface area contributed by atoms with Gasteiger partial charge in [-0.1, -0.05) is 90.4 Å². The summed E-state index contributed by atoms with van der Waals surface area (Å²) in [7, 11) is 0.980. The predicted octanol–water partition coefficient (Wildman–Crippen LogP) is 6.01. The smallest absolute Gasteiger partial charge is 0.198 e. The van der Waals surface area contributed by atoms with E-state index in [4.69, 9.17) is 0 Å². The first-order valence-electron chi connectivity index (χ1n) is 10.1. The molecule has 0 aromatic carbocycles. The van der Waals surface area contributed by atoms with Crippen LogP contribution in [-0.4, -0.2) is 19.5 Å². The largest absolute Gasteiger partial charge is 0.327 e. The van der Waals surface area contributed by atoms with Gasteiger partial charge in [0, 0.05) is 25.2 Å². The van der Waals surface area contributed by atoms with Crippen LogP contribution in [0.4, 0.5) is 0 Å². The topological polar surface area (TPSA) is 34.9 Å². The average Bonchev–Trinajstić information content (AvgIpc) is 3.01. The summed E-state index contributed by atoms with van der Waals surface area (Å²) in [5.41, 5.74) is 0. The van der Waals surface area contributed by atoms with Crippen LogP contribution in [0.25, 0.3) is 0 Å². The number of hydrogen-bond donors (Lipinski definition) is 0. The van der Waals surface area contributed by atoms with Crippen LogP contribution in [0.1, 0.15) is 96.8 Å². The molecule has 0 unspecified atom stereocenters. The van der Waals surface area contributed by atoms with Gasteiger partial charge in [-0.25, -0.2) is 4.98 Å². The number of rotatable bonds is 16. The third-order valence-electron chi connectivity index (χ3n) is 4.66. The summed E-state index contributed by atoms with van der Waals surface area (Å²) in [6, 6.07) is 0. The predicted molar refractivity (Wildman–Crippen MR) is 105 cm³/mol. The van der Waals surface area contributed by atoms with Crippen molar-refractivity contribution in [2.24, 2.45) is 7.05 Å². The Kier molecular flexibility index (Phi) is 13.1. The van der Waals surface area contributed by atoms with Crippen LogP contribution >= 0.6 is 0 Å². The van der Waals surface area contributed by atoms with Crippen molar-refractivity contribution in [1.29, 1.82) is 0 Å². The first kappa shape index (κ1) is 21.4. The molecule has 1 aromatic heterocycles. The molecule has 1 atom stereocenters. The fraction of sp³-hybridized carbons (Fsp3) is 0.850. The van der Waals surface area contributed by atoms with Gasteiger partial charge < -0.3 is 4.57 Å². The highest BCUT2D eigenvalue weighted by Crippen LogP contribution is 2.13. The van der Waals surface area contributed by atoms with Crippen molar-refractivity contribution < 1.29 is 4.21 Å². The number of nitrogens with zero attached hydrogens (tertiary/aromatic N) is 2. The van der Waals surface area contributed by atoms with E-state index in [-0.39, 0.29) is 0 Å². The molecule has 1 aromatic rings. The van der Waals surface area contributed by atoms with E-state index in [9.17, 15) is 4.21 Å². The number of aryl methyl sites for hydroxylation is 1. The molecule has 0 spiro atoms. The van der Waals surface area contributed by atoms with E-state index in [0.717, 1.165) is 12.2 Å². The molecule has 0 aliphatic rings. The molecular formula is C20H38N2OS. The van der Waals surface area contributed by atoms with Gasteiger partial charge in [-0.2, -0.15) is 0 Å². The summed E-state index contributed by atoms with van der Waals surface area (Å²) in [6.45, 7) is 2.28. The second-order valence-electron chi connectivity index (χ2n) is 6.97. The highest BCUT2D eigenvalue weighted by atomic mass is 32.2. The maximum atomic E-state index is 12.1. The molecule has 24 heavy (non-hydrogen) atoms. The Morgan fingerprint density at radius 2 is 1.29 bits per heavy atom. The highest BCUT2D eigenvalue weighted by molar-refractivity contribution is 7.84. The summed E-state index contributed by atoms with van der Waals surface area (Å²) in [5.74, 6) is 0.753. The Morgan fingerprint density at radius 1 is 0.833 bits per heavy atom. The third kappa shape index (κ3) is 10.3. The summed E-state index contributed by atoms with van der Waals surface area (Å²) in [5, 5.41) is 0.713. The van der Waals surface area contributed by atoms with Crippen molar-refractivity contribution in [2.45, 2.75) is 102 Å². The van der Waals surface area contributed by atoms with Crippen molar-refractivity contribution in [2.75, 3.05) is 5.75 Å². The molecule has 0 N–H and O–H groups in total. The Bertz CT molecular complexity index is 431. The van der Waals surface area contributed by atoms with Crippen LogP contribution in [0, 0.1) is 0 Å². The zero-order valence-electron chi connectivity index (χ0n) is 16.0. The fourth-order valence-corrected chi connectivity index (χ4v) is 4.30. The van der Waals surface area contributed by atoms with E-state index < -0.39 is 10.8 Å². The molecule has 0 amide bonds. The molecule has 1 heterocycles. The van der Waals surface area contributed by atoms with E-state index in [0.29, 0.717) is 5.16 Å². The van der Waals surface area contributed by atoms with Crippen molar-refractivity contribution >= 4 is 10.8 Å². The highest BCUT2D eigenvalue weighted by Gasteiger charge is 2.08. The minimum absolute atomic E-state index is 0.713. The van der Waals surface area contributed by atoms with Gasteiger partial charge >= 0.3 is 0 Å². The molecular weight excluding hydrogens is 316 g/mol. The number of hydrogen-bond acceptors (Lipinski definition) is 2. The molecule has 1 rings (SSSR count). The summed E-state index contributed by atoms with van der Waals surface area (Å²) in [6.07, 6.45) is 22.6. The Labute approximate surface area is 152 Å². The number of imidazole rings is 1. The second-order valence-corrected chi connectivity index (χ2v) is 8.43. The molecule has 0 radical (unpaired) electrons. The SMILES string of the molecule is CCCCCCCCCCCCCCCC[S@@](=O)c1nccn1C. The summed E-state index contributed by atoms with van der Waals surface area (Å²) < 4.78 is 13.9. The Balaban J connectivity index is 1.81. The maximum Gasteiger partial charge on any atom is 0.198 e. The zero-order valence-corrected chi connectivity index (χ0v) is 16.8. The molecule has 0 aliphatic heterocycles. The molecule has 0 bridgehead atoms. The molecule has 140 valence electrons. The van der Waals surface area contributed by atoms with Gasteiger partial charge in [0.2, 0.25) is 0 Å². The van der Waals surface area contributed by atoms with E-state index >= 15 is 0 Å². The normalized spacial score (nSPS) is 12.6. The lowest BCUT2D eigenvalue weighted by Gasteiger charge is -2.04. The zero-order chi connectivity index (χ0) is 17.5. The fourth-order valence-electron chi connectivity index (χ4n) is 3.09. The monoisotopic (exact) mass is 354 g/mol. The Morgan fingerprint density at radius 3 is 1.71 bits per heavy atom. The average molecular weight is 355 g/mol. The lowest BCUT2D eigenvalue weighted by Crippen LogP contribution is -2.04. The van der Waals surface area contributed by atoms with Crippen LogP contribution in [0.2, 0.25) is 0 Å². The second kappa shape index (κ2) is 14.7. The third-order valence-corrected chi connectivity index (χ3v) is 6.12. The van der Waals surface area contributed by atoms with Gasteiger partial charge in [0.05, 0.1) is 10.8 Å². The molecule has 0 fully saturated rings. The lowest BCUT2D eigenvalue weighted by molar-refractivity contribution is 0.538. The molecule has 3 nitrogen and oxygen atoms in total. The van der Waals surface area contributed by atoms with Crippen molar-refractivity contribution in [1.82, 2.24) is 9.55 Å². The standard InChI is InChI=1S/C20H38N2OS/c1-3-4-5-6-7-8-9-10-11-12-13-14-15-16-19-24(23)20-21-17-18-22(20)2/h17-18H,3-16,19H2,1-2H3/t24-/m1/s1. The first-order chi connectivity index (χ1) is 11.8. The van der Waals surface area contributed by atoms with E-state index in [1.807, 2.05) is 17.8 Å². The molecule has 0 saturated carbocycles. The quantitative estimate of drug-likeness (QED) is 0.341. The molecule has 4 heteroatoms. The van der Waals surface area contributed by atoms with Crippen LogP contribution < -0.4 is 0 Å². The van der Waals surface area contributed by atoms with Crippen molar-refractivity contribution in [3.63, 3.8) is 0 Å². The minimum atomic E-state index is -0.928. The Hall–Kier alpha value is -0.640.